The standard InChI is InChI=1S/C26H31N3O6S2/c1-4-35-15-14-29-22-12-9-20(25(31)34-3)16-23(22)36-26(29)27-24(30)19-7-10-21(11-8-19)37(32,33)28-13-5-6-18(2)17-28/h7-12,16,18H,4-6,13-15,17H2,1-3H3. The monoisotopic (exact) mass is 545 g/mol. The normalized spacial score (nSPS) is 17.3. The van der Waals surface area contributed by atoms with Gasteiger partial charge in [-0.05, 0) is 68.1 Å². The lowest BCUT2D eigenvalue weighted by molar-refractivity contribution is 0.0600. The van der Waals surface area contributed by atoms with Gasteiger partial charge in [-0.3, -0.25) is 4.79 Å². The maximum Gasteiger partial charge on any atom is 0.337 e. The molecule has 1 fully saturated rings. The summed E-state index contributed by atoms with van der Waals surface area (Å²) in [7, 11) is -2.28. The molecule has 1 aromatic heterocycles. The number of fused-ring (bicyclic) bond motifs is 1. The number of aromatic nitrogens is 1. The van der Waals surface area contributed by atoms with Gasteiger partial charge in [-0.1, -0.05) is 18.3 Å². The molecule has 0 aliphatic carbocycles. The van der Waals surface area contributed by atoms with Crippen molar-refractivity contribution in [2.75, 3.05) is 33.4 Å². The summed E-state index contributed by atoms with van der Waals surface area (Å²) in [6, 6.07) is 11.1. The Bertz CT molecular complexity index is 1460. The SMILES string of the molecule is CCOCCn1c(=NC(=O)c2ccc(S(=O)(=O)N3CCCC(C)C3)cc2)sc2cc(C(=O)OC)ccc21. The number of esters is 1. The molecular weight excluding hydrogens is 514 g/mol. The first-order valence-electron chi connectivity index (χ1n) is 12.2. The number of rotatable bonds is 8. The van der Waals surface area contributed by atoms with E-state index in [0.29, 0.717) is 49.1 Å². The number of piperidine rings is 1. The van der Waals surface area contributed by atoms with Gasteiger partial charge in [-0.25, -0.2) is 13.2 Å². The number of hydrogen-bond acceptors (Lipinski definition) is 7. The zero-order valence-electron chi connectivity index (χ0n) is 21.2. The quantitative estimate of drug-likeness (QED) is 0.316. The molecular formula is C26H31N3O6S2. The molecule has 3 aromatic rings. The Morgan fingerprint density at radius 2 is 1.86 bits per heavy atom. The van der Waals surface area contributed by atoms with Gasteiger partial charge in [0.2, 0.25) is 10.0 Å². The van der Waals surface area contributed by atoms with Gasteiger partial charge in [-0.2, -0.15) is 9.30 Å². The lowest BCUT2D eigenvalue weighted by Crippen LogP contribution is -2.39. The summed E-state index contributed by atoms with van der Waals surface area (Å²) in [5.41, 5.74) is 1.52. The predicted octanol–water partition coefficient (Wildman–Crippen LogP) is 3.69. The van der Waals surface area contributed by atoms with Crippen LogP contribution in [0.25, 0.3) is 10.2 Å². The number of ether oxygens (including phenoxy) is 2. The highest BCUT2D eigenvalue weighted by Crippen LogP contribution is 2.24. The Morgan fingerprint density at radius 1 is 1.14 bits per heavy atom. The Labute approximate surface area is 220 Å². The van der Waals surface area contributed by atoms with Crippen molar-refractivity contribution >= 4 is 43.5 Å². The third-order valence-corrected chi connectivity index (χ3v) is 9.24. The van der Waals surface area contributed by atoms with E-state index in [4.69, 9.17) is 9.47 Å². The topological polar surface area (TPSA) is 107 Å². The number of amides is 1. The van der Waals surface area contributed by atoms with E-state index in [1.54, 1.807) is 18.2 Å². The third-order valence-electron chi connectivity index (χ3n) is 6.32. The van der Waals surface area contributed by atoms with Gasteiger partial charge in [0.15, 0.2) is 4.80 Å². The number of thiazole rings is 1. The van der Waals surface area contributed by atoms with Crippen LogP contribution < -0.4 is 4.80 Å². The van der Waals surface area contributed by atoms with Crippen LogP contribution >= 0.6 is 11.3 Å². The Hall–Kier alpha value is -2.86. The molecule has 2 heterocycles. The molecule has 11 heteroatoms. The van der Waals surface area contributed by atoms with Crippen molar-refractivity contribution in [2.45, 2.75) is 38.1 Å². The average molecular weight is 546 g/mol. The maximum absolute atomic E-state index is 13.1. The molecule has 0 spiro atoms. The molecule has 1 unspecified atom stereocenters. The van der Waals surface area contributed by atoms with Crippen LogP contribution in [-0.2, 0) is 26.0 Å². The summed E-state index contributed by atoms with van der Waals surface area (Å²) < 4.78 is 40.6. The number of methoxy groups -OCH3 is 1. The summed E-state index contributed by atoms with van der Waals surface area (Å²) in [5, 5.41) is 0. The fraction of sp³-hybridized carbons (Fsp3) is 0.423. The minimum absolute atomic E-state index is 0.169. The molecule has 0 N–H and O–H groups in total. The van der Waals surface area contributed by atoms with Crippen LogP contribution in [-0.4, -0.2) is 62.6 Å². The fourth-order valence-corrected chi connectivity index (χ4v) is 7.05. The summed E-state index contributed by atoms with van der Waals surface area (Å²) in [5.74, 6) is -0.608. The molecule has 1 amide bonds. The first-order chi connectivity index (χ1) is 17.7. The molecule has 1 aliphatic rings. The van der Waals surface area contributed by atoms with Gasteiger partial charge in [0.05, 0.1) is 34.4 Å². The molecule has 0 radical (unpaired) electrons. The van der Waals surface area contributed by atoms with E-state index in [-0.39, 0.29) is 10.5 Å². The Kier molecular flexibility index (Phi) is 8.58. The summed E-state index contributed by atoms with van der Waals surface area (Å²) in [6.07, 6.45) is 1.86. The van der Waals surface area contributed by atoms with Crippen LogP contribution in [0.3, 0.4) is 0 Å². The number of hydrogen-bond donors (Lipinski definition) is 0. The van der Waals surface area contributed by atoms with E-state index in [1.807, 2.05) is 11.5 Å². The minimum Gasteiger partial charge on any atom is -0.465 e. The minimum atomic E-state index is -3.61. The van der Waals surface area contributed by atoms with Gasteiger partial charge in [0.1, 0.15) is 0 Å². The molecule has 37 heavy (non-hydrogen) atoms. The lowest BCUT2D eigenvalue weighted by Gasteiger charge is -2.30. The fourth-order valence-electron chi connectivity index (χ4n) is 4.35. The van der Waals surface area contributed by atoms with Crippen molar-refractivity contribution in [1.82, 2.24) is 8.87 Å². The first kappa shape index (κ1) is 27.2. The highest BCUT2D eigenvalue weighted by atomic mass is 32.2. The number of nitrogens with zero attached hydrogens (tertiary/aromatic N) is 3. The van der Waals surface area contributed by atoms with Crippen LogP contribution in [0.4, 0.5) is 0 Å². The van der Waals surface area contributed by atoms with Crippen molar-refractivity contribution in [3.05, 3.63) is 58.4 Å². The van der Waals surface area contributed by atoms with Gasteiger partial charge in [-0.15, -0.1) is 0 Å². The van der Waals surface area contributed by atoms with Gasteiger partial charge in [0, 0.05) is 31.8 Å². The number of benzene rings is 2. The molecule has 0 saturated carbocycles. The highest BCUT2D eigenvalue weighted by molar-refractivity contribution is 7.89. The number of carbonyl (C=O) groups is 2. The Balaban J connectivity index is 1.65. The van der Waals surface area contributed by atoms with E-state index in [2.05, 4.69) is 11.9 Å². The largest absolute Gasteiger partial charge is 0.465 e. The molecule has 1 aliphatic heterocycles. The zero-order valence-corrected chi connectivity index (χ0v) is 22.8. The first-order valence-corrected chi connectivity index (χ1v) is 14.5. The molecule has 2 aromatic carbocycles. The molecule has 0 bridgehead atoms. The second-order valence-corrected chi connectivity index (χ2v) is 11.9. The predicted molar refractivity (Wildman–Crippen MR) is 141 cm³/mol. The van der Waals surface area contributed by atoms with Crippen LogP contribution in [0, 0.1) is 5.92 Å². The van der Waals surface area contributed by atoms with E-state index in [0.717, 1.165) is 23.1 Å². The average Bonchev–Trinajstić information content (AvgIpc) is 3.24. The van der Waals surface area contributed by atoms with E-state index in [9.17, 15) is 18.0 Å². The summed E-state index contributed by atoms with van der Waals surface area (Å²) in [4.78, 5) is 30.0. The molecule has 4 rings (SSSR count). The zero-order chi connectivity index (χ0) is 26.6. The second-order valence-electron chi connectivity index (χ2n) is 8.96. The van der Waals surface area contributed by atoms with Crippen molar-refractivity contribution in [3.8, 4) is 0 Å². The van der Waals surface area contributed by atoms with Crippen LogP contribution in [0.2, 0.25) is 0 Å². The van der Waals surface area contributed by atoms with E-state index in [1.165, 1.54) is 47.0 Å². The van der Waals surface area contributed by atoms with Crippen LogP contribution in [0.15, 0.2) is 52.4 Å². The molecule has 1 saturated heterocycles. The number of carbonyl (C=O) groups excluding carboxylic acids is 2. The Morgan fingerprint density at radius 3 is 2.54 bits per heavy atom. The number of sulfonamides is 1. The van der Waals surface area contributed by atoms with Gasteiger partial charge >= 0.3 is 5.97 Å². The maximum atomic E-state index is 13.1. The molecule has 198 valence electrons. The van der Waals surface area contributed by atoms with Crippen LogP contribution in [0.1, 0.15) is 47.4 Å². The van der Waals surface area contributed by atoms with Crippen LogP contribution in [0.5, 0.6) is 0 Å². The smallest absolute Gasteiger partial charge is 0.337 e. The van der Waals surface area contributed by atoms with E-state index >= 15 is 0 Å². The van der Waals surface area contributed by atoms with Crippen molar-refractivity contribution in [3.63, 3.8) is 0 Å². The van der Waals surface area contributed by atoms with Gasteiger partial charge < -0.3 is 14.0 Å². The highest BCUT2D eigenvalue weighted by Gasteiger charge is 2.28. The summed E-state index contributed by atoms with van der Waals surface area (Å²) in [6.45, 7) is 6.44. The van der Waals surface area contributed by atoms with Gasteiger partial charge in [0.25, 0.3) is 5.91 Å². The van der Waals surface area contributed by atoms with E-state index < -0.39 is 21.9 Å². The van der Waals surface area contributed by atoms with Crippen molar-refractivity contribution in [1.29, 1.82) is 0 Å². The van der Waals surface area contributed by atoms with Crippen molar-refractivity contribution in [2.24, 2.45) is 10.9 Å². The lowest BCUT2D eigenvalue weighted by atomic mass is 10.0. The van der Waals surface area contributed by atoms with Crippen molar-refractivity contribution < 1.29 is 27.5 Å². The molecule has 9 nitrogen and oxygen atoms in total. The third kappa shape index (κ3) is 6.01. The molecule has 1 atom stereocenters. The summed E-state index contributed by atoms with van der Waals surface area (Å²) >= 11 is 1.28. The second kappa shape index (κ2) is 11.7.